The number of aliphatic carboxylic acids is 1. The Balaban J connectivity index is 1.88. The van der Waals surface area contributed by atoms with Crippen LogP contribution in [-0.4, -0.2) is 44.9 Å². The zero-order chi connectivity index (χ0) is 14.7. The van der Waals surface area contributed by atoms with Gasteiger partial charge in [0, 0.05) is 26.3 Å². The summed E-state index contributed by atoms with van der Waals surface area (Å²) in [5.74, 6) is -1.30. The number of carbonyl (C=O) groups excluding carboxylic acids is 1. The lowest BCUT2D eigenvalue weighted by Crippen LogP contribution is -2.46. The first-order valence-electron chi connectivity index (χ1n) is 6.41. The Hall–Kier alpha value is -1.57. The number of carbonyl (C=O) groups is 2. The normalized spacial score (nSPS) is 18.9. The quantitative estimate of drug-likeness (QED) is 0.862. The second-order valence-corrected chi connectivity index (χ2v) is 5.73. The highest BCUT2D eigenvalue weighted by Crippen LogP contribution is 2.17. The van der Waals surface area contributed by atoms with E-state index in [9.17, 15) is 9.59 Å². The van der Waals surface area contributed by atoms with Crippen molar-refractivity contribution >= 4 is 27.9 Å². The van der Waals surface area contributed by atoms with Gasteiger partial charge in [-0.1, -0.05) is 0 Å². The minimum absolute atomic E-state index is 0.242. The molecule has 1 saturated heterocycles. The van der Waals surface area contributed by atoms with Crippen LogP contribution in [0.25, 0.3) is 0 Å². The van der Waals surface area contributed by atoms with E-state index >= 15 is 0 Å². The van der Waals surface area contributed by atoms with Gasteiger partial charge < -0.3 is 15.3 Å². The lowest BCUT2D eigenvalue weighted by Gasteiger charge is -2.30. The van der Waals surface area contributed by atoms with E-state index in [1.165, 1.54) is 0 Å². The number of carboxylic acid groups (broad SMARTS) is 1. The second kappa shape index (κ2) is 6.25. The standard InChI is InChI=1S/C12H17BrN4O3/c1-16-7-9(13)10(15-16)5-14-12(20)17-4-2-3-8(6-17)11(18)19/h7-8H,2-6H2,1H3,(H,14,20)(H,18,19). The first-order chi connectivity index (χ1) is 9.47. The van der Waals surface area contributed by atoms with Crippen LogP contribution < -0.4 is 5.32 Å². The van der Waals surface area contributed by atoms with Crippen LogP contribution in [0, 0.1) is 5.92 Å². The van der Waals surface area contributed by atoms with E-state index in [4.69, 9.17) is 5.11 Å². The lowest BCUT2D eigenvalue weighted by molar-refractivity contribution is -0.143. The summed E-state index contributed by atoms with van der Waals surface area (Å²) in [6, 6.07) is -0.242. The summed E-state index contributed by atoms with van der Waals surface area (Å²) in [7, 11) is 1.80. The number of nitrogens with zero attached hydrogens (tertiary/aromatic N) is 3. The van der Waals surface area contributed by atoms with Gasteiger partial charge in [0.15, 0.2) is 0 Å². The monoisotopic (exact) mass is 344 g/mol. The topological polar surface area (TPSA) is 87.5 Å². The van der Waals surface area contributed by atoms with Crippen molar-refractivity contribution < 1.29 is 14.7 Å². The Morgan fingerprint density at radius 1 is 1.60 bits per heavy atom. The maximum absolute atomic E-state index is 12.0. The molecule has 0 saturated carbocycles. The van der Waals surface area contributed by atoms with Crippen molar-refractivity contribution in [1.82, 2.24) is 20.0 Å². The van der Waals surface area contributed by atoms with Crippen molar-refractivity contribution in [1.29, 1.82) is 0 Å². The van der Waals surface area contributed by atoms with Crippen LogP contribution in [0.5, 0.6) is 0 Å². The van der Waals surface area contributed by atoms with Crippen molar-refractivity contribution in [3.63, 3.8) is 0 Å². The minimum atomic E-state index is -0.838. The van der Waals surface area contributed by atoms with Gasteiger partial charge >= 0.3 is 12.0 Å². The molecule has 1 atom stereocenters. The number of hydrogen-bond acceptors (Lipinski definition) is 3. The third-order valence-corrected chi connectivity index (χ3v) is 3.98. The second-order valence-electron chi connectivity index (χ2n) is 4.88. The van der Waals surface area contributed by atoms with Gasteiger partial charge in [-0.15, -0.1) is 0 Å². The number of aryl methyl sites for hydroxylation is 1. The van der Waals surface area contributed by atoms with Crippen LogP contribution >= 0.6 is 15.9 Å². The molecule has 7 nitrogen and oxygen atoms in total. The molecule has 2 N–H and O–H groups in total. The molecule has 0 radical (unpaired) electrons. The smallest absolute Gasteiger partial charge is 0.317 e. The average Bonchev–Trinajstić information content (AvgIpc) is 2.74. The number of halogens is 1. The number of nitrogens with one attached hydrogen (secondary N) is 1. The summed E-state index contributed by atoms with van der Waals surface area (Å²) in [5, 5.41) is 16.0. The number of hydrogen-bond donors (Lipinski definition) is 2. The molecular formula is C12H17BrN4O3. The molecule has 1 aromatic heterocycles. The number of urea groups is 1. The van der Waals surface area contributed by atoms with Crippen LogP contribution in [0.1, 0.15) is 18.5 Å². The van der Waals surface area contributed by atoms with Gasteiger partial charge in [0.05, 0.1) is 22.6 Å². The lowest BCUT2D eigenvalue weighted by atomic mass is 9.99. The van der Waals surface area contributed by atoms with Gasteiger partial charge in [0.25, 0.3) is 0 Å². The molecule has 1 aliphatic rings. The van der Waals surface area contributed by atoms with E-state index in [-0.39, 0.29) is 12.6 Å². The summed E-state index contributed by atoms with van der Waals surface area (Å²) >= 11 is 3.37. The molecule has 2 rings (SSSR count). The maximum atomic E-state index is 12.0. The number of rotatable bonds is 3. The molecule has 1 unspecified atom stereocenters. The Morgan fingerprint density at radius 3 is 2.95 bits per heavy atom. The van der Waals surface area contributed by atoms with Crippen LogP contribution in [0.4, 0.5) is 4.79 Å². The zero-order valence-corrected chi connectivity index (χ0v) is 12.8. The summed E-state index contributed by atoms with van der Waals surface area (Å²) in [6.07, 6.45) is 3.16. The summed E-state index contributed by atoms with van der Waals surface area (Å²) in [6.45, 7) is 1.18. The van der Waals surface area contributed by atoms with Gasteiger partial charge in [-0.2, -0.15) is 5.10 Å². The molecule has 2 heterocycles. The van der Waals surface area contributed by atoms with E-state index < -0.39 is 11.9 Å². The fraction of sp³-hybridized carbons (Fsp3) is 0.583. The van der Waals surface area contributed by atoms with Crippen molar-refractivity contribution in [3.8, 4) is 0 Å². The maximum Gasteiger partial charge on any atom is 0.317 e. The van der Waals surface area contributed by atoms with E-state index in [0.717, 1.165) is 16.6 Å². The Kier molecular flexibility index (Phi) is 4.64. The fourth-order valence-corrected chi connectivity index (χ4v) is 2.78. The molecule has 110 valence electrons. The molecule has 2 amide bonds. The predicted molar refractivity (Wildman–Crippen MR) is 75.1 cm³/mol. The highest BCUT2D eigenvalue weighted by Gasteiger charge is 2.28. The van der Waals surface area contributed by atoms with Gasteiger partial charge in [-0.3, -0.25) is 9.48 Å². The van der Waals surface area contributed by atoms with E-state index in [1.807, 2.05) is 6.20 Å². The fourth-order valence-electron chi connectivity index (χ4n) is 2.26. The highest BCUT2D eigenvalue weighted by molar-refractivity contribution is 9.10. The van der Waals surface area contributed by atoms with Crippen molar-refractivity contribution in [3.05, 3.63) is 16.4 Å². The molecule has 1 aromatic rings. The summed E-state index contributed by atoms with van der Waals surface area (Å²) < 4.78 is 2.50. The summed E-state index contributed by atoms with van der Waals surface area (Å²) in [4.78, 5) is 24.6. The first kappa shape index (κ1) is 14.8. The molecule has 0 bridgehead atoms. The van der Waals surface area contributed by atoms with Crippen LogP contribution in [0.15, 0.2) is 10.7 Å². The van der Waals surface area contributed by atoms with Crippen molar-refractivity contribution in [2.24, 2.45) is 13.0 Å². The van der Waals surface area contributed by atoms with Crippen LogP contribution in [0.3, 0.4) is 0 Å². The van der Waals surface area contributed by atoms with Gasteiger partial charge in [0.2, 0.25) is 0 Å². The molecule has 0 aromatic carbocycles. The minimum Gasteiger partial charge on any atom is -0.481 e. The largest absolute Gasteiger partial charge is 0.481 e. The molecule has 0 aliphatic carbocycles. The van der Waals surface area contributed by atoms with Crippen LogP contribution in [0.2, 0.25) is 0 Å². The molecule has 1 fully saturated rings. The average molecular weight is 345 g/mol. The van der Waals surface area contributed by atoms with Gasteiger partial charge in [0.1, 0.15) is 0 Å². The first-order valence-corrected chi connectivity index (χ1v) is 7.20. The van der Waals surface area contributed by atoms with Gasteiger partial charge in [-0.25, -0.2) is 4.79 Å². The molecular weight excluding hydrogens is 328 g/mol. The third-order valence-electron chi connectivity index (χ3n) is 3.32. The molecule has 8 heteroatoms. The zero-order valence-electron chi connectivity index (χ0n) is 11.2. The molecule has 1 aliphatic heterocycles. The highest BCUT2D eigenvalue weighted by atomic mass is 79.9. The number of aromatic nitrogens is 2. The molecule has 0 spiro atoms. The summed E-state index contributed by atoms with van der Waals surface area (Å²) in [5.41, 5.74) is 0.743. The predicted octanol–water partition coefficient (Wildman–Crippen LogP) is 1.19. The number of likely N-dealkylation sites (tertiary alicyclic amines) is 1. The Bertz CT molecular complexity index is 517. The molecule has 20 heavy (non-hydrogen) atoms. The Labute approximate surface area is 125 Å². The van der Waals surface area contributed by atoms with Gasteiger partial charge in [-0.05, 0) is 28.8 Å². The number of carboxylic acids is 1. The van der Waals surface area contributed by atoms with E-state index in [1.54, 1.807) is 16.6 Å². The SMILES string of the molecule is Cn1cc(Br)c(CNC(=O)N2CCCC(C(=O)O)C2)n1. The van der Waals surface area contributed by atoms with Crippen molar-refractivity contribution in [2.75, 3.05) is 13.1 Å². The third kappa shape index (κ3) is 3.50. The Morgan fingerprint density at radius 2 is 2.35 bits per heavy atom. The van der Waals surface area contributed by atoms with E-state index in [2.05, 4.69) is 26.3 Å². The van der Waals surface area contributed by atoms with Crippen LogP contribution in [-0.2, 0) is 18.4 Å². The van der Waals surface area contributed by atoms with E-state index in [0.29, 0.717) is 19.5 Å². The number of piperidine rings is 1. The van der Waals surface area contributed by atoms with Crippen molar-refractivity contribution in [2.45, 2.75) is 19.4 Å². The number of amides is 2.